The fourth-order valence-electron chi connectivity index (χ4n) is 1.67. The second-order valence-electron chi connectivity index (χ2n) is 4.31. The number of rotatable bonds is 5. The number of carbonyl (C=O) groups is 1. The van der Waals surface area contributed by atoms with Crippen molar-refractivity contribution in [3.8, 4) is 0 Å². The molecule has 112 valence electrons. The van der Waals surface area contributed by atoms with E-state index in [1.807, 2.05) is 30.3 Å². The summed E-state index contributed by atoms with van der Waals surface area (Å²) in [6, 6.07) is 14.1. The Balaban J connectivity index is 2.05. The summed E-state index contributed by atoms with van der Waals surface area (Å²) in [4.78, 5) is 11.0. The number of nitrogens with zero attached hydrogens (tertiary/aromatic N) is 1. The summed E-state index contributed by atoms with van der Waals surface area (Å²) in [6.45, 7) is 0. The van der Waals surface area contributed by atoms with E-state index in [2.05, 4.69) is 10.5 Å². The Kier molecular flexibility index (Phi) is 5.58. The van der Waals surface area contributed by atoms with Crippen LogP contribution in [0.25, 0.3) is 6.08 Å². The fourth-order valence-corrected chi connectivity index (χ4v) is 2.05. The van der Waals surface area contributed by atoms with E-state index in [1.54, 1.807) is 12.1 Å². The number of hydrogen-bond donors (Lipinski definition) is 2. The van der Waals surface area contributed by atoms with Crippen molar-refractivity contribution < 1.29 is 9.90 Å². The van der Waals surface area contributed by atoms with E-state index in [1.165, 1.54) is 18.3 Å². The minimum absolute atomic E-state index is 0.00721. The number of carboxylic acids is 1. The first-order valence-corrected chi connectivity index (χ1v) is 7.06. The van der Waals surface area contributed by atoms with Crippen LogP contribution in [0.4, 0.5) is 5.69 Å². The van der Waals surface area contributed by atoms with Gasteiger partial charge >= 0.3 is 5.97 Å². The first kappa shape index (κ1) is 16.1. The molecule has 0 saturated carbocycles. The Bertz CT molecular complexity index is 728. The number of carboxylic acid groups (broad SMARTS) is 1. The van der Waals surface area contributed by atoms with E-state index in [4.69, 9.17) is 28.3 Å². The van der Waals surface area contributed by atoms with Crippen LogP contribution in [-0.2, 0) is 0 Å². The van der Waals surface area contributed by atoms with Gasteiger partial charge in [-0.1, -0.05) is 53.5 Å². The summed E-state index contributed by atoms with van der Waals surface area (Å²) in [7, 11) is 0. The van der Waals surface area contributed by atoms with Crippen molar-refractivity contribution in [2.24, 2.45) is 5.10 Å². The third kappa shape index (κ3) is 4.62. The molecular weight excluding hydrogens is 323 g/mol. The third-order valence-corrected chi connectivity index (χ3v) is 3.22. The van der Waals surface area contributed by atoms with Gasteiger partial charge in [0, 0.05) is 0 Å². The number of allylic oxidation sites excluding steroid dienone is 1. The van der Waals surface area contributed by atoms with Crippen LogP contribution in [0.15, 0.2) is 58.7 Å². The fraction of sp³-hybridized carbons (Fsp3) is 0. The smallest absolute Gasteiger partial charge is 0.337 e. The molecule has 0 aliphatic heterocycles. The highest BCUT2D eigenvalue weighted by Gasteiger charge is 2.08. The Hall–Kier alpha value is -2.30. The van der Waals surface area contributed by atoms with E-state index in [0.717, 1.165) is 5.56 Å². The molecule has 0 spiro atoms. The highest BCUT2D eigenvalue weighted by atomic mass is 35.5. The summed E-state index contributed by atoms with van der Waals surface area (Å²) in [5.41, 5.74) is 4.17. The zero-order chi connectivity index (χ0) is 15.9. The number of nitrogens with one attached hydrogen (secondary N) is 1. The molecule has 6 heteroatoms. The standard InChI is InChI=1S/C16H12Cl2N2O2/c17-12(8-11-4-2-1-3-5-11)10-19-20-13-6-7-15(18)14(9-13)16(21)22/h1-10,20H,(H,21,22)/b12-8-,19-10+. The molecule has 0 bridgehead atoms. The van der Waals surface area contributed by atoms with Gasteiger partial charge in [0.1, 0.15) is 0 Å². The predicted octanol–water partition coefficient (Wildman–Crippen LogP) is 4.72. The predicted molar refractivity (Wildman–Crippen MR) is 90.8 cm³/mol. The first-order valence-electron chi connectivity index (χ1n) is 6.30. The molecule has 0 aromatic heterocycles. The lowest BCUT2D eigenvalue weighted by atomic mass is 10.2. The Labute approximate surface area is 137 Å². The highest BCUT2D eigenvalue weighted by molar-refractivity contribution is 6.41. The van der Waals surface area contributed by atoms with E-state index in [-0.39, 0.29) is 10.6 Å². The number of anilines is 1. The topological polar surface area (TPSA) is 61.7 Å². The molecule has 0 unspecified atom stereocenters. The van der Waals surface area contributed by atoms with Crippen LogP contribution in [-0.4, -0.2) is 17.3 Å². The SMILES string of the molecule is O=C(O)c1cc(N/N=C/C(Cl)=C/c2ccccc2)ccc1Cl. The van der Waals surface area contributed by atoms with Crippen molar-refractivity contribution >= 4 is 47.1 Å². The molecule has 0 amide bonds. The van der Waals surface area contributed by atoms with Crippen molar-refractivity contribution in [2.45, 2.75) is 0 Å². The maximum Gasteiger partial charge on any atom is 0.337 e. The van der Waals surface area contributed by atoms with Gasteiger partial charge < -0.3 is 5.11 Å². The summed E-state index contributed by atoms with van der Waals surface area (Å²) < 4.78 is 0. The van der Waals surface area contributed by atoms with Gasteiger partial charge in [-0.3, -0.25) is 5.43 Å². The summed E-state index contributed by atoms with van der Waals surface area (Å²) >= 11 is 11.8. The molecular formula is C16H12Cl2N2O2. The van der Waals surface area contributed by atoms with Gasteiger partial charge in [0.05, 0.1) is 27.5 Å². The van der Waals surface area contributed by atoms with Crippen LogP contribution in [0.5, 0.6) is 0 Å². The second-order valence-corrected chi connectivity index (χ2v) is 5.15. The molecule has 4 nitrogen and oxygen atoms in total. The van der Waals surface area contributed by atoms with Crippen LogP contribution in [0.3, 0.4) is 0 Å². The van der Waals surface area contributed by atoms with Crippen molar-refractivity contribution in [3.63, 3.8) is 0 Å². The molecule has 0 heterocycles. The average molecular weight is 335 g/mol. The van der Waals surface area contributed by atoms with Gasteiger partial charge in [0.25, 0.3) is 0 Å². The lowest BCUT2D eigenvalue weighted by Gasteiger charge is -2.03. The molecule has 0 saturated heterocycles. The minimum atomic E-state index is -1.10. The van der Waals surface area contributed by atoms with Gasteiger partial charge in [-0.25, -0.2) is 4.79 Å². The van der Waals surface area contributed by atoms with Crippen molar-refractivity contribution in [3.05, 3.63) is 69.7 Å². The molecule has 2 aromatic rings. The van der Waals surface area contributed by atoms with Gasteiger partial charge in [-0.2, -0.15) is 5.10 Å². The Morgan fingerprint density at radius 3 is 2.59 bits per heavy atom. The average Bonchev–Trinajstić information content (AvgIpc) is 2.49. The van der Waals surface area contributed by atoms with Crippen molar-refractivity contribution in [1.82, 2.24) is 0 Å². The minimum Gasteiger partial charge on any atom is -0.478 e. The van der Waals surface area contributed by atoms with E-state index >= 15 is 0 Å². The molecule has 22 heavy (non-hydrogen) atoms. The normalized spacial score (nSPS) is 11.6. The van der Waals surface area contributed by atoms with Gasteiger partial charge in [0.15, 0.2) is 0 Å². The van der Waals surface area contributed by atoms with Crippen LogP contribution in [0.2, 0.25) is 5.02 Å². The quantitative estimate of drug-likeness (QED) is 0.614. The highest BCUT2D eigenvalue weighted by Crippen LogP contribution is 2.20. The van der Waals surface area contributed by atoms with Crippen LogP contribution in [0.1, 0.15) is 15.9 Å². The molecule has 0 radical (unpaired) electrons. The van der Waals surface area contributed by atoms with E-state index < -0.39 is 5.97 Å². The number of aromatic carboxylic acids is 1. The number of benzene rings is 2. The Morgan fingerprint density at radius 2 is 1.91 bits per heavy atom. The van der Waals surface area contributed by atoms with Crippen molar-refractivity contribution in [1.29, 1.82) is 0 Å². The van der Waals surface area contributed by atoms with Crippen LogP contribution in [0, 0.1) is 0 Å². The molecule has 2 rings (SSSR count). The zero-order valence-corrected chi connectivity index (χ0v) is 12.8. The van der Waals surface area contributed by atoms with E-state index in [0.29, 0.717) is 10.7 Å². The summed E-state index contributed by atoms with van der Waals surface area (Å²) in [5, 5.41) is 13.6. The van der Waals surface area contributed by atoms with Gasteiger partial charge in [-0.05, 0) is 29.8 Å². The van der Waals surface area contributed by atoms with Gasteiger partial charge in [-0.15, -0.1) is 0 Å². The molecule has 0 aliphatic rings. The lowest BCUT2D eigenvalue weighted by molar-refractivity contribution is 0.0697. The molecule has 0 aliphatic carbocycles. The third-order valence-electron chi connectivity index (χ3n) is 2.68. The zero-order valence-electron chi connectivity index (χ0n) is 11.3. The van der Waals surface area contributed by atoms with Crippen LogP contribution >= 0.6 is 23.2 Å². The summed E-state index contributed by atoms with van der Waals surface area (Å²) in [5.74, 6) is -1.10. The number of halogens is 2. The molecule has 2 N–H and O–H groups in total. The molecule has 0 fully saturated rings. The maximum atomic E-state index is 11.0. The largest absolute Gasteiger partial charge is 0.478 e. The first-order chi connectivity index (χ1) is 10.6. The van der Waals surface area contributed by atoms with E-state index in [9.17, 15) is 4.79 Å². The lowest BCUT2D eigenvalue weighted by Crippen LogP contribution is -1.99. The summed E-state index contributed by atoms with van der Waals surface area (Å²) in [6.07, 6.45) is 3.20. The van der Waals surface area contributed by atoms with Gasteiger partial charge in [0.2, 0.25) is 0 Å². The monoisotopic (exact) mass is 334 g/mol. The maximum absolute atomic E-state index is 11.0. The van der Waals surface area contributed by atoms with Crippen molar-refractivity contribution in [2.75, 3.05) is 5.43 Å². The number of hydrazone groups is 1. The second kappa shape index (κ2) is 7.64. The van der Waals surface area contributed by atoms with Crippen LogP contribution < -0.4 is 5.43 Å². The Morgan fingerprint density at radius 1 is 1.18 bits per heavy atom. The number of hydrogen-bond acceptors (Lipinski definition) is 3. The molecule has 0 atom stereocenters. The molecule has 2 aromatic carbocycles.